The molecule has 394 valence electrons. The summed E-state index contributed by atoms with van der Waals surface area (Å²) in [5.74, 6) is 2.06. The topological polar surface area (TPSA) is 33.5 Å². The van der Waals surface area contributed by atoms with Gasteiger partial charge in [-0.3, -0.25) is 0 Å². The summed E-state index contributed by atoms with van der Waals surface area (Å²) in [6, 6.07) is 63.3. The summed E-state index contributed by atoms with van der Waals surface area (Å²) >= 11 is 0. The summed E-state index contributed by atoms with van der Waals surface area (Å²) in [6.07, 6.45) is 1.93. The van der Waals surface area contributed by atoms with E-state index in [0.717, 1.165) is 55.9 Å². The van der Waals surface area contributed by atoms with Crippen molar-refractivity contribution in [2.24, 2.45) is 0 Å². The van der Waals surface area contributed by atoms with Gasteiger partial charge in [0.05, 0.1) is 0 Å². The van der Waals surface area contributed by atoms with Gasteiger partial charge in [0.15, 0.2) is 0 Å². The van der Waals surface area contributed by atoms with Gasteiger partial charge in [0.25, 0.3) is 0 Å². The van der Waals surface area contributed by atoms with E-state index in [0.29, 0.717) is 11.5 Å². The fourth-order valence-electron chi connectivity index (χ4n) is 10.5. The third-order valence-electron chi connectivity index (χ3n) is 15.8. The third-order valence-corrected chi connectivity index (χ3v) is 15.8. The van der Waals surface area contributed by atoms with Crippen LogP contribution in [0.4, 0.5) is 22.7 Å². The van der Waals surface area contributed by atoms with Crippen LogP contribution >= 0.6 is 0 Å². The Bertz CT molecular complexity index is 3560. The average Bonchev–Trinajstić information content (AvgIpc) is 3.92. The first-order valence-electron chi connectivity index (χ1n) is 26.8. The van der Waals surface area contributed by atoms with E-state index in [1.807, 2.05) is 6.20 Å². The first-order valence-corrected chi connectivity index (χ1v) is 26.8. The Balaban J connectivity index is 0.00000706. The number of rotatable bonds is 9. The number of fused-ring (bicyclic) bond motifs is 4. The van der Waals surface area contributed by atoms with Gasteiger partial charge in [0, 0.05) is 66.8 Å². The molecule has 0 N–H and O–H groups in total. The van der Waals surface area contributed by atoms with E-state index in [9.17, 15) is 0 Å². The number of ether oxygens (including phenoxy) is 1. The molecule has 0 aliphatic carbocycles. The predicted molar refractivity (Wildman–Crippen MR) is 316 cm³/mol. The van der Waals surface area contributed by atoms with Crippen LogP contribution in [0.3, 0.4) is 0 Å². The number of benzene rings is 7. The Hall–Kier alpha value is -6.42. The Kier molecular flexibility index (Phi) is 14.0. The van der Waals surface area contributed by atoms with Gasteiger partial charge < -0.3 is 19.1 Å². The van der Waals surface area contributed by atoms with Gasteiger partial charge >= 0.3 is 0 Å². The number of hydrogen-bond acceptors (Lipinski definition) is 4. The molecule has 2 aromatic heterocycles. The number of pyridine rings is 1. The van der Waals surface area contributed by atoms with E-state index in [-0.39, 0.29) is 48.1 Å². The van der Waals surface area contributed by atoms with Gasteiger partial charge in [0.2, 0.25) is 0 Å². The third kappa shape index (κ3) is 10.3. The first-order chi connectivity index (χ1) is 35.2. The van der Waals surface area contributed by atoms with Gasteiger partial charge in [0.1, 0.15) is 5.82 Å². The maximum Gasteiger partial charge on any atom is 0.135 e. The summed E-state index contributed by atoms with van der Waals surface area (Å²) < 4.78 is 9.39. The zero-order chi connectivity index (χ0) is 53.6. The monoisotopic (exact) mass is 1180 g/mol. The van der Waals surface area contributed by atoms with Crippen LogP contribution in [0.5, 0.6) is 11.5 Å². The zero-order valence-corrected chi connectivity index (χ0v) is 49.9. The SMILES string of the molecule is CC(C)(C)c1cc(N2[CH-]N(c3[c-]c(Oc4[c-]c5c(cc4)c4ccc(C(C)(C)C)cc4n5-c4cc(C(C)(C)C)ccn4)cc(C(C)(C)c4ccccc4)c3)c3ccc(C(C)(C)c4ccccc4)cc32)cc(C(C)(C)C)c1.[Pt]. The van der Waals surface area contributed by atoms with Crippen molar-refractivity contribution < 1.29 is 25.8 Å². The van der Waals surface area contributed by atoms with E-state index in [1.165, 1.54) is 38.9 Å². The smallest absolute Gasteiger partial charge is 0.135 e. The van der Waals surface area contributed by atoms with Crippen molar-refractivity contribution >= 4 is 44.6 Å². The van der Waals surface area contributed by atoms with Gasteiger partial charge in [-0.15, -0.1) is 53.6 Å². The van der Waals surface area contributed by atoms with Gasteiger partial charge in [-0.05, 0) is 114 Å². The summed E-state index contributed by atoms with van der Waals surface area (Å²) in [4.78, 5) is 9.72. The van der Waals surface area contributed by atoms with Crippen LogP contribution in [0.2, 0.25) is 0 Å². The molecule has 6 heteroatoms. The van der Waals surface area contributed by atoms with Gasteiger partial charge in [-0.1, -0.05) is 201 Å². The molecule has 7 aromatic carbocycles. The van der Waals surface area contributed by atoms with Crippen molar-refractivity contribution in [2.45, 2.75) is 143 Å². The molecule has 0 amide bonds. The second-order valence-corrected chi connectivity index (χ2v) is 26.1. The molecule has 0 fully saturated rings. The molecule has 76 heavy (non-hydrogen) atoms. The molecular formula is C70H75N4OPt-3. The van der Waals surface area contributed by atoms with Crippen molar-refractivity contribution in [2.75, 3.05) is 9.80 Å². The van der Waals surface area contributed by atoms with Crippen molar-refractivity contribution in [3.05, 3.63) is 221 Å². The van der Waals surface area contributed by atoms with Gasteiger partial charge in [-0.2, -0.15) is 6.07 Å². The minimum Gasteiger partial charge on any atom is -0.509 e. The molecule has 0 radical (unpaired) electrons. The maximum absolute atomic E-state index is 7.12. The normalized spacial score (nSPS) is 13.6. The minimum absolute atomic E-state index is 0. The van der Waals surface area contributed by atoms with E-state index in [2.05, 4.69) is 296 Å². The molecule has 0 atom stereocenters. The van der Waals surface area contributed by atoms with Crippen LogP contribution in [0.1, 0.15) is 155 Å². The van der Waals surface area contributed by atoms with Crippen LogP contribution in [0.25, 0.3) is 27.6 Å². The van der Waals surface area contributed by atoms with Crippen LogP contribution in [-0.2, 0) is 53.6 Å². The van der Waals surface area contributed by atoms with Gasteiger partial charge in [-0.25, -0.2) is 4.98 Å². The Morgan fingerprint density at radius 3 is 1.57 bits per heavy atom. The van der Waals surface area contributed by atoms with Crippen LogP contribution in [-0.4, -0.2) is 9.55 Å². The molecule has 0 unspecified atom stereocenters. The Labute approximate surface area is 468 Å². The molecule has 0 spiro atoms. The largest absolute Gasteiger partial charge is 0.509 e. The molecular weight excluding hydrogens is 1110 g/mol. The Morgan fingerprint density at radius 1 is 0.421 bits per heavy atom. The second kappa shape index (κ2) is 19.5. The van der Waals surface area contributed by atoms with Crippen molar-refractivity contribution in [3.8, 4) is 17.3 Å². The second-order valence-electron chi connectivity index (χ2n) is 26.1. The minimum atomic E-state index is -0.397. The molecule has 0 saturated carbocycles. The first kappa shape index (κ1) is 54.4. The van der Waals surface area contributed by atoms with E-state index in [1.54, 1.807) is 0 Å². The number of nitrogens with zero attached hydrogens (tertiary/aromatic N) is 4. The molecule has 5 nitrogen and oxygen atoms in total. The summed E-state index contributed by atoms with van der Waals surface area (Å²) in [7, 11) is 0. The average molecular weight is 1180 g/mol. The fraction of sp³-hybridized carbons (Fsp3) is 0.314. The molecule has 10 rings (SSSR count). The van der Waals surface area contributed by atoms with Crippen LogP contribution in [0.15, 0.2) is 158 Å². The molecule has 0 saturated heterocycles. The van der Waals surface area contributed by atoms with Crippen molar-refractivity contribution in [1.82, 2.24) is 9.55 Å². The maximum atomic E-state index is 7.12. The molecule has 3 heterocycles. The molecule has 0 bridgehead atoms. The van der Waals surface area contributed by atoms with Crippen molar-refractivity contribution in [3.63, 3.8) is 0 Å². The Morgan fingerprint density at radius 2 is 0.974 bits per heavy atom. The summed E-state index contributed by atoms with van der Waals surface area (Å²) in [6.45, 7) is 38.9. The predicted octanol–water partition coefficient (Wildman–Crippen LogP) is 18.8. The molecule has 1 aliphatic rings. The van der Waals surface area contributed by atoms with Crippen LogP contribution < -0.4 is 14.5 Å². The number of aromatic nitrogens is 2. The molecule has 1 aliphatic heterocycles. The van der Waals surface area contributed by atoms with E-state index < -0.39 is 5.41 Å². The molecule has 9 aromatic rings. The summed E-state index contributed by atoms with van der Waals surface area (Å²) in [5.41, 5.74) is 15.2. The van der Waals surface area contributed by atoms with E-state index in [4.69, 9.17) is 9.72 Å². The van der Waals surface area contributed by atoms with Crippen molar-refractivity contribution in [1.29, 1.82) is 0 Å². The van der Waals surface area contributed by atoms with E-state index >= 15 is 0 Å². The zero-order valence-electron chi connectivity index (χ0n) is 47.6. The fourth-order valence-corrected chi connectivity index (χ4v) is 10.5. The quantitative estimate of drug-likeness (QED) is 0.135. The standard InChI is InChI=1S/C70H75N4O.Pt/c1-65(2,3)48-27-30-58-59-31-29-56(44-62(59)74(61(58)40-48)64-42-49(33-34-71-64)66(4,5)6)75-57-39-53(70(15,16)47-25-21-18-22-26-47)38-55(43-57)72-45-73(54-36-51(67(7,8)9)35-52(37-54)68(10,11)12)63-41-50(28-32-60(63)72)69(13,14)46-23-19-17-20-24-46;/h17-42,45H,1-16H3;/q-3;. The number of anilines is 4. The number of hydrogen-bond donors (Lipinski definition) is 0. The van der Waals surface area contributed by atoms with Crippen LogP contribution in [0, 0.1) is 18.8 Å². The summed E-state index contributed by atoms with van der Waals surface area (Å²) in [5, 5.41) is 2.24.